The molecule has 2 N–H and O–H groups in total. The Hall–Kier alpha value is -2.67. The number of carbonyl (C=O) groups excluding carboxylic acids is 1. The van der Waals surface area contributed by atoms with E-state index in [1.54, 1.807) is 22.7 Å². The van der Waals surface area contributed by atoms with Crippen molar-refractivity contribution >= 4 is 11.6 Å². The van der Waals surface area contributed by atoms with Gasteiger partial charge in [0, 0.05) is 37.1 Å². The summed E-state index contributed by atoms with van der Waals surface area (Å²) in [5.41, 5.74) is 1.65. The van der Waals surface area contributed by atoms with Crippen molar-refractivity contribution in [3.8, 4) is 0 Å². The van der Waals surface area contributed by atoms with E-state index in [1.807, 2.05) is 38.1 Å². The van der Waals surface area contributed by atoms with Crippen LogP contribution in [0.1, 0.15) is 43.4 Å². The van der Waals surface area contributed by atoms with Crippen LogP contribution in [0.2, 0.25) is 0 Å². The molecule has 144 valence electrons. The van der Waals surface area contributed by atoms with E-state index < -0.39 is 11.6 Å². The lowest BCUT2D eigenvalue weighted by Crippen LogP contribution is -2.45. The summed E-state index contributed by atoms with van der Waals surface area (Å²) in [6.07, 6.45) is 4.12. The van der Waals surface area contributed by atoms with Gasteiger partial charge >= 0.3 is 5.69 Å². The van der Waals surface area contributed by atoms with Crippen molar-refractivity contribution < 1.29 is 4.79 Å². The molecule has 7 nitrogen and oxygen atoms in total. The monoisotopic (exact) mass is 370 g/mol. The SMILES string of the molecule is CCC(NCc1cn(C2CC2)c(=O)[nH]c1=O)C(=O)N(C)c1ccc(C)cc1. The minimum atomic E-state index is -0.419. The number of anilines is 1. The van der Waals surface area contributed by atoms with Crippen LogP contribution in [-0.4, -0.2) is 28.5 Å². The zero-order chi connectivity index (χ0) is 19.6. The number of nitrogens with one attached hydrogen (secondary N) is 2. The second-order valence-electron chi connectivity index (χ2n) is 7.13. The molecule has 1 heterocycles. The molecule has 7 heteroatoms. The number of amides is 1. The van der Waals surface area contributed by atoms with Crippen LogP contribution in [0.5, 0.6) is 0 Å². The van der Waals surface area contributed by atoms with Crippen molar-refractivity contribution in [1.29, 1.82) is 0 Å². The van der Waals surface area contributed by atoms with Crippen LogP contribution < -0.4 is 21.5 Å². The maximum atomic E-state index is 12.8. The average Bonchev–Trinajstić information content (AvgIpc) is 3.48. The molecule has 27 heavy (non-hydrogen) atoms. The second kappa shape index (κ2) is 7.92. The molecule has 1 aliphatic rings. The second-order valence-corrected chi connectivity index (χ2v) is 7.13. The van der Waals surface area contributed by atoms with E-state index >= 15 is 0 Å². The van der Waals surface area contributed by atoms with Crippen LogP contribution >= 0.6 is 0 Å². The van der Waals surface area contributed by atoms with Crippen LogP contribution in [0.4, 0.5) is 5.69 Å². The minimum Gasteiger partial charge on any atom is -0.314 e. The van der Waals surface area contributed by atoms with Gasteiger partial charge in [-0.1, -0.05) is 24.6 Å². The first-order valence-electron chi connectivity index (χ1n) is 9.32. The molecule has 1 saturated carbocycles. The van der Waals surface area contributed by atoms with Gasteiger partial charge in [-0.3, -0.25) is 19.1 Å². The molecule has 1 aliphatic carbocycles. The summed E-state index contributed by atoms with van der Waals surface area (Å²) in [4.78, 5) is 40.8. The van der Waals surface area contributed by atoms with Crippen LogP contribution in [-0.2, 0) is 11.3 Å². The van der Waals surface area contributed by atoms with Gasteiger partial charge < -0.3 is 10.2 Å². The molecule has 1 unspecified atom stereocenters. The number of benzene rings is 1. The third-order valence-electron chi connectivity index (χ3n) is 4.98. The number of nitrogens with zero attached hydrogens (tertiary/aromatic N) is 2. The smallest absolute Gasteiger partial charge is 0.314 e. The Morgan fingerprint density at radius 3 is 2.56 bits per heavy atom. The highest BCUT2D eigenvalue weighted by molar-refractivity contribution is 5.96. The topological polar surface area (TPSA) is 87.2 Å². The van der Waals surface area contributed by atoms with Gasteiger partial charge in [-0.2, -0.15) is 0 Å². The van der Waals surface area contributed by atoms with E-state index in [0.717, 1.165) is 24.1 Å². The average molecular weight is 370 g/mol. The Morgan fingerprint density at radius 1 is 1.30 bits per heavy atom. The molecule has 0 aliphatic heterocycles. The van der Waals surface area contributed by atoms with Gasteiger partial charge in [-0.05, 0) is 38.3 Å². The minimum absolute atomic E-state index is 0.0618. The summed E-state index contributed by atoms with van der Waals surface area (Å²) in [6, 6.07) is 7.52. The fourth-order valence-electron chi connectivity index (χ4n) is 3.05. The molecule has 2 aromatic rings. The molecule has 3 rings (SSSR count). The van der Waals surface area contributed by atoms with E-state index in [1.165, 1.54) is 0 Å². The summed E-state index contributed by atoms with van der Waals surface area (Å²) in [7, 11) is 1.75. The standard InChI is InChI=1S/C20H26N4O3/c1-4-17(19(26)23(3)15-7-5-13(2)6-8-15)21-11-14-12-24(16-9-10-16)20(27)22-18(14)25/h5-8,12,16-17,21H,4,9-11H2,1-3H3,(H,22,25,27). The highest BCUT2D eigenvalue weighted by Gasteiger charge is 2.26. The maximum Gasteiger partial charge on any atom is 0.328 e. The first-order valence-corrected chi connectivity index (χ1v) is 9.32. The normalized spacial score (nSPS) is 14.8. The van der Waals surface area contributed by atoms with E-state index in [4.69, 9.17) is 0 Å². The lowest BCUT2D eigenvalue weighted by molar-refractivity contribution is -0.120. The van der Waals surface area contributed by atoms with E-state index in [2.05, 4.69) is 10.3 Å². The predicted molar refractivity (Wildman–Crippen MR) is 105 cm³/mol. The zero-order valence-electron chi connectivity index (χ0n) is 16.0. The van der Waals surface area contributed by atoms with Crippen LogP contribution in [0.15, 0.2) is 40.1 Å². The third-order valence-corrected chi connectivity index (χ3v) is 4.98. The Morgan fingerprint density at radius 2 is 1.96 bits per heavy atom. The number of rotatable bonds is 7. The zero-order valence-corrected chi connectivity index (χ0v) is 16.0. The van der Waals surface area contributed by atoms with Gasteiger partial charge in [0.1, 0.15) is 0 Å². The Kier molecular flexibility index (Phi) is 5.60. The van der Waals surface area contributed by atoms with Gasteiger partial charge in [0.15, 0.2) is 0 Å². The van der Waals surface area contributed by atoms with Crippen LogP contribution in [0.3, 0.4) is 0 Å². The molecule has 1 aromatic heterocycles. The molecular weight excluding hydrogens is 344 g/mol. The van der Waals surface area contributed by atoms with Crippen LogP contribution in [0, 0.1) is 6.92 Å². The van der Waals surface area contributed by atoms with E-state index in [0.29, 0.717) is 12.0 Å². The molecule has 0 saturated heterocycles. The molecule has 0 spiro atoms. The predicted octanol–water partition coefficient (Wildman–Crippen LogP) is 1.71. The number of hydrogen-bond donors (Lipinski definition) is 2. The molecule has 1 aromatic carbocycles. The van der Waals surface area contributed by atoms with Gasteiger partial charge in [0.25, 0.3) is 5.56 Å². The first-order chi connectivity index (χ1) is 12.9. The molecule has 0 radical (unpaired) electrons. The lowest BCUT2D eigenvalue weighted by Gasteiger charge is -2.24. The quantitative estimate of drug-likeness (QED) is 0.777. The van der Waals surface area contributed by atoms with Crippen LogP contribution in [0.25, 0.3) is 0 Å². The highest BCUT2D eigenvalue weighted by Crippen LogP contribution is 2.33. The number of aromatic nitrogens is 2. The Labute approximate surface area is 158 Å². The number of aryl methyl sites for hydroxylation is 1. The van der Waals surface area contributed by atoms with E-state index in [-0.39, 0.29) is 24.2 Å². The largest absolute Gasteiger partial charge is 0.328 e. The van der Waals surface area contributed by atoms with Gasteiger partial charge in [0.2, 0.25) is 5.91 Å². The summed E-state index contributed by atoms with van der Waals surface area (Å²) >= 11 is 0. The van der Waals surface area contributed by atoms with Crippen molar-refractivity contribution in [2.75, 3.05) is 11.9 Å². The Balaban J connectivity index is 1.71. The summed E-state index contributed by atoms with van der Waals surface area (Å²) in [5.74, 6) is -0.0618. The van der Waals surface area contributed by atoms with Crippen molar-refractivity contribution in [3.63, 3.8) is 0 Å². The maximum absolute atomic E-state index is 12.8. The fourth-order valence-corrected chi connectivity index (χ4v) is 3.05. The fraction of sp³-hybridized carbons (Fsp3) is 0.450. The highest BCUT2D eigenvalue weighted by atomic mass is 16.2. The number of H-pyrrole nitrogens is 1. The summed E-state index contributed by atoms with van der Waals surface area (Å²) in [5, 5.41) is 3.17. The number of likely N-dealkylation sites (N-methyl/N-ethyl adjacent to an activating group) is 1. The van der Waals surface area contributed by atoms with Crippen molar-refractivity contribution in [3.05, 3.63) is 62.4 Å². The molecule has 0 bridgehead atoms. The first kappa shape index (κ1) is 19.1. The molecule has 1 fully saturated rings. The molecular formula is C20H26N4O3. The lowest BCUT2D eigenvalue weighted by atomic mass is 10.1. The van der Waals surface area contributed by atoms with E-state index in [9.17, 15) is 14.4 Å². The van der Waals surface area contributed by atoms with Gasteiger partial charge in [-0.25, -0.2) is 4.79 Å². The van der Waals surface area contributed by atoms with Crippen molar-refractivity contribution in [2.24, 2.45) is 0 Å². The molecule has 1 amide bonds. The summed E-state index contributed by atoms with van der Waals surface area (Å²) < 4.78 is 1.58. The summed E-state index contributed by atoms with van der Waals surface area (Å²) in [6.45, 7) is 4.16. The molecule has 1 atom stereocenters. The number of aromatic amines is 1. The number of carbonyl (C=O) groups is 1. The van der Waals surface area contributed by atoms with Gasteiger partial charge in [-0.15, -0.1) is 0 Å². The van der Waals surface area contributed by atoms with Crippen molar-refractivity contribution in [1.82, 2.24) is 14.9 Å². The van der Waals surface area contributed by atoms with Crippen molar-refractivity contribution in [2.45, 2.75) is 51.7 Å². The van der Waals surface area contributed by atoms with Gasteiger partial charge in [0.05, 0.1) is 6.04 Å². The Bertz CT molecular complexity index is 925. The number of hydrogen-bond acceptors (Lipinski definition) is 4. The third kappa shape index (κ3) is 4.36.